The van der Waals surface area contributed by atoms with Gasteiger partial charge in [-0.25, -0.2) is 9.78 Å². The highest BCUT2D eigenvalue weighted by Crippen LogP contribution is 2.18. The smallest absolute Gasteiger partial charge is 0.339 e. The Labute approximate surface area is 159 Å². The monoisotopic (exact) mass is 371 g/mol. The van der Waals surface area contributed by atoms with Gasteiger partial charge in [-0.2, -0.15) is 0 Å². The summed E-state index contributed by atoms with van der Waals surface area (Å²) in [4.78, 5) is 32.0. The van der Waals surface area contributed by atoms with E-state index in [1.165, 1.54) is 0 Å². The maximum absolute atomic E-state index is 12.8. The molecule has 0 aliphatic carbocycles. The molecule has 7 nitrogen and oxygen atoms in total. The van der Waals surface area contributed by atoms with Gasteiger partial charge in [-0.3, -0.25) is 4.79 Å². The molecule has 1 aliphatic rings. The van der Waals surface area contributed by atoms with E-state index in [2.05, 4.69) is 9.88 Å². The average Bonchev–Trinajstić information content (AvgIpc) is 2.97. The molecule has 1 amide bonds. The molecule has 1 saturated heterocycles. The average molecular weight is 371 g/mol. The predicted octanol–water partition coefficient (Wildman–Crippen LogP) is 1.44. The number of pyridine rings is 1. The number of carbonyl (C=O) groups excluding carboxylic acids is 2. The van der Waals surface area contributed by atoms with Gasteiger partial charge in [0.1, 0.15) is 6.54 Å². The van der Waals surface area contributed by atoms with Crippen LogP contribution in [-0.4, -0.2) is 54.1 Å². The zero-order chi connectivity index (χ0) is 19.4. The van der Waals surface area contributed by atoms with E-state index in [9.17, 15) is 9.59 Å². The number of esters is 1. The number of nitrogens with zero attached hydrogens (tertiary/aromatic N) is 3. The molecule has 0 radical (unpaired) electrons. The number of piperazine rings is 1. The van der Waals surface area contributed by atoms with Gasteiger partial charge in [0, 0.05) is 55.4 Å². The Morgan fingerprint density at radius 1 is 1.11 bits per heavy atom. The number of H-pyrrole nitrogens is 1. The van der Waals surface area contributed by atoms with Gasteiger partial charge in [0.05, 0.1) is 12.2 Å². The molecule has 0 unspecified atom stereocenters. The van der Waals surface area contributed by atoms with Crippen molar-refractivity contribution in [1.82, 2.24) is 9.47 Å². The summed E-state index contributed by atoms with van der Waals surface area (Å²) < 4.78 is 6.99. The number of aromatic nitrogens is 2. The fourth-order valence-electron chi connectivity index (χ4n) is 3.50. The molecule has 27 heavy (non-hydrogen) atoms. The first-order valence-corrected chi connectivity index (χ1v) is 9.34. The van der Waals surface area contributed by atoms with Crippen LogP contribution in [0.15, 0.2) is 30.6 Å². The topological polar surface area (TPSA) is 68.9 Å². The number of aryl methyl sites for hydroxylation is 1. The van der Waals surface area contributed by atoms with E-state index in [1.807, 2.05) is 47.8 Å². The minimum absolute atomic E-state index is 0.0771. The Kier molecular flexibility index (Phi) is 5.78. The number of hydrogen-bond donors (Lipinski definition) is 0. The molecule has 3 heterocycles. The number of rotatable bonds is 5. The molecule has 144 valence electrons. The minimum Gasteiger partial charge on any atom is -0.462 e. The number of ether oxygens (including phenoxy) is 1. The van der Waals surface area contributed by atoms with Crippen LogP contribution in [0.5, 0.6) is 0 Å². The normalized spacial score (nSPS) is 14.3. The van der Waals surface area contributed by atoms with Gasteiger partial charge in [0.15, 0.2) is 12.4 Å². The highest BCUT2D eigenvalue weighted by molar-refractivity contribution is 5.91. The standard InChI is InChI=1S/C20H26N4O3/c1-4-27-20(26)18-13-15(2)24(16(18)3)14-19(25)23-11-9-22(10-12-23)17-5-7-21-8-6-17/h5-8,13H,4,9-12,14H2,1-3H3/p+1. The van der Waals surface area contributed by atoms with Crippen LogP contribution in [0.3, 0.4) is 0 Å². The Morgan fingerprint density at radius 3 is 2.41 bits per heavy atom. The summed E-state index contributed by atoms with van der Waals surface area (Å²) in [5, 5.41) is 0. The minimum atomic E-state index is -0.335. The lowest BCUT2D eigenvalue weighted by Gasteiger charge is -2.36. The van der Waals surface area contributed by atoms with Crippen molar-refractivity contribution in [1.29, 1.82) is 0 Å². The van der Waals surface area contributed by atoms with E-state index >= 15 is 0 Å². The lowest BCUT2D eigenvalue weighted by atomic mass is 10.2. The summed E-state index contributed by atoms with van der Waals surface area (Å²) in [6, 6.07) is 5.88. The molecule has 0 aromatic carbocycles. The summed E-state index contributed by atoms with van der Waals surface area (Å²) in [5.74, 6) is -0.258. The van der Waals surface area contributed by atoms with Crippen molar-refractivity contribution in [3.8, 4) is 0 Å². The van der Waals surface area contributed by atoms with E-state index in [4.69, 9.17) is 4.74 Å². The highest BCUT2D eigenvalue weighted by atomic mass is 16.5. The van der Waals surface area contributed by atoms with Crippen molar-refractivity contribution in [2.24, 2.45) is 0 Å². The van der Waals surface area contributed by atoms with Gasteiger partial charge < -0.3 is 19.1 Å². The fraction of sp³-hybridized carbons (Fsp3) is 0.450. The largest absolute Gasteiger partial charge is 0.462 e. The van der Waals surface area contributed by atoms with Crippen molar-refractivity contribution < 1.29 is 19.3 Å². The van der Waals surface area contributed by atoms with Crippen LogP contribution in [0.1, 0.15) is 28.7 Å². The van der Waals surface area contributed by atoms with E-state index in [1.54, 1.807) is 13.0 Å². The second kappa shape index (κ2) is 8.24. The van der Waals surface area contributed by atoms with Gasteiger partial charge in [-0.15, -0.1) is 0 Å². The molecular formula is C20H27N4O3+. The number of anilines is 1. The van der Waals surface area contributed by atoms with E-state index in [0.29, 0.717) is 25.3 Å². The fourth-order valence-corrected chi connectivity index (χ4v) is 3.50. The Bertz CT molecular complexity index is 808. The number of hydrogen-bond acceptors (Lipinski definition) is 4. The molecule has 0 saturated carbocycles. The molecule has 3 rings (SSSR count). The van der Waals surface area contributed by atoms with Crippen molar-refractivity contribution in [3.05, 3.63) is 47.5 Å². The first-order valence-electron chi connectivity index (χ1n) is 9.34. The maximum Gasteiger partial charge on any atom is 0.339 e. The van der Waals surface area contributed by atoms with Gasteiger partial charge in [0.2, 0.25) is 5.91 Å². The van der Waals surface area contributed by atoms with Crippen LogP contribution in [0.4, 0.5) is 5.69 Å². The van der Waals surface area contributed by atoms with Crippen molar-refractivity contribution in [3.63, 3.8) is 0 Å². The number of nitrogens with one attached hydrogen (secondary N) is 1. The molecule has 7 heteroatoms. The molecule has 1 N–H and O–H groups in total. The summed E-state index contributed by atoms with van der Waals surface area (Å²) in [6.45, 7) is 9.16. The van der Waals surface area contributed by atoms with Crippen LogP contribution < -0.4 is 9.88 Å². The van der Waals surface area contributed by atoms with Crippen LogP contribution in [0.25, 0.3) is 0 Å². The molecule has 0 spiro atoms. The van der Waals surface area contributed by atoms with Crippen molar-refractivity contribution in [2.75, 3.05) is 37.7 Å². The Hall–Kier alpha value is -2.83. The van der Waals surface area contributed by atoms with Crippen LogP contribution in [0, 0.1) is 13.8 Å². The SMILES string of the molecule is CCOC(=O)c1cc(C)n(CC(=O)N2CCN(c3cc[nH+]cc3)CC2)c1C. The molecule has 0 atom stereocenters. The van der Waals surface area contributed by atoms with Crippen molar-refractivity contribution in [2.45, 2.75) is 27.3 Å². The second-order valence-corrected chi connectivity index (χ2v) is 6.72. The molecule has 2 aromatic rings. The molecule has 2 aromatic heterocycles. The van der Waals surface area contributed by atoms with Crippen molar-refractivity contribution >= 4 is 17.6 Å². The van der Waals surface area contributed by atoms with Crippen LogP contribution >= 0.6 is 0 Å². The number of aromatic amines is 1. The molecular weight excluding hydrogens is 344 g/mol. The molecule has 1 aliphatic heterocycles. The Balaban J connectivity index is 1.62. The molecule has 0 bridgehead atoms. The van der Waals surface area contributed by atoms with E-state index < -0.39 is 0 Å². The van der Waals surface area contributed by atoms with Gasteiger partial charge in [-0.1, -0.05) is 0 Å². The van der Waals surface area contributed by atoms with E-state index in [0.717, 1.165) is 30.2 Å². The summed E-state index contributed by atoms with van der Waals surface area (Å²) >= 11 is 0. The van der Waals surface area contributed by atoms with Gasteiger partial charge in [0.25, 0.3) is 0 Å². The molecule has 1 fully saturated rings. The quantitative estimate of drug-likeness (QED) is 0.746. The lowest BCUT2D eigenvalue weighted by molar-refractivity contribution is -0.377. The third-order valence-corrected chi connectivity index (χ3v) is 5.06. The lowest BCUT2D eigenvalue weighted by Crippen LogP contribution is -2.49. The predicted molar refractivity (Wildman–Crippen MR) is 102 cm³/mol. The zero-order valence-electron chi connectivity index (χ0n) is 16.2. The number of carbonyl (C=O) groups is 2. The first kappa shape index (κ1) is 18.9. The van der Waals surface area contributed by atoms with Gasteiger partial charge in [-0.05, 0) is 26.8 Å². The zero-order valence-corrected chi connectivity index (χ0v) is 16.2. The third-order valence-electron chi connectivity index (χ3n) is 5.06. The highest BCUT2D eigenvalue weighted by Gasteiger charge is 2.24. The number of amides is 1. The van der Waals surface area contributed by atoms with Crippen LogP contribution in [0.2, 0.25) is 0 Å². The summed E-state index contributed by atoms with van der Waals surface area (Å²) in [5.41, 5.74) is 3.37. The summed E-state index contributed by atoms with van der Waals surface area (Å²) in [7, 11) is 0. The first-order chi connectivity index (χ1) is 13.0. The van der Waals surface area contributed by atoms with Gasteiger partial charge >= 0.3 is 5.97 Å². The maximum atomic E-state index is 12.8. The third kappa shape index (κ3) is 4.13. The van der Waals surface area contributed by atoms with Crippen LogP contribution in [-0.2, 0) is 16.1 Å². The summed E-state index contributed by atoms with van der Waals surface area (Å²) in [6.07, 6.45) is 3.82. The Morgan fingerprint density at radius 2 is 1.78 bits per heavy atom. The van der Waals surface area contributed by atoms with E-state index in [-0.39, 0.29) is 18.4 Å². The second-order valence-electron chi connectivity index (χ2n) is 6.72.